The number of thiazole rings is 1. The van der Waals surface area contributed by atoms with Crippen molar-refractivity contribution in [2.75, 3.05) is 29.5 Å². The van der Waals surface area contributed by atoms with Crippen molar-refractivity contribution in [1.82, 2.24) is 24.0 Å². The highest BCUT2D eigenvalue weighted by Gasteiger charge is 2.40. The first-order valence-electron chi connectivity index (χ1n) is 15.3. The van der Waals surface area contributed by atoms with Crippen LogP contribution in [0.4, 0.5) is 28.5 Å². The van der Waals surface area contributed by atoms with Crippen LogP contribution in [0, 0.1) is 5.82 Å². The van der Waals surface area contributed by atoms with Gasteiger partial charge in [-0.25, -0.2) is 14.2 Å². The van der Waals surface area contributed by atoms with Crippen LogP contribution in [0.3, 0.4) is 0 Å². The molecule has 2 aliphatic rings. The Balaban J connectivity index is 1.55. The van der Waals surface area contributed by atoms with E-state index in [2.05, 4.69) is 16.5 Å². The summed E-state index contributed by atoms with van der Waals surface area (Å²) in [5.74, 6) is -0.775. The summed E-state index contributed by atoms with van der Waals surface area (Å²) >= 11 is 1.90. The number of nitrogens with two attached hydrogens (primary N) is 1. The number of halogens is 4. The van der Waals surface area contributed by atoms with Crippen LogP contribution in [0.2, 0.25) is 0 Å². The Labute approximate surface area is 284 Å². The molecule has 1 amide bonds. The number of alkyl halides is 3. The van der Waals surface area contributed by atoms with E-state index in [0.717, 1.165) is 35.2 Å². The number of benzene rings is 2. The van der Waals surface area contributed by atoms with Crippen LogP contribution in [0.25, 0.3) is 32.2 Å². The lowest BCUT2D eigenvalue weighted by Gasteiger charge is -2.44. The van der Waals surface area contributed by atoms with Gasteiger partial charge in [-0.1, -0.05) is 24.0 Å². The standard InChI is InChI=1S/C33H29F4N7O3S2/c1-4-23(45)44-16(2)12-41(13-17(44)3)30-20-11-21(33(35,36)37)25(19-8-9-22(34)28-26(19)39-31(38)49-28)29-27(20)43(32(47)40-30)14-18(15-48-29)42-10-6-5-7-24(42)46/h4-11,16-18H,1,12-15H2,2-3H3,(H2,38,39)/t16-,17+,18-/m0/s1. The van der Waals surface area contributed by atoms with Crippen LogP contribution in [-0.2, 0) is 17.5 Å². The first-order chi connectivity index (χ1) is 23.3. The smallest absolute Gasteiger partial charge is 0.375 e. The number of hydrogen-bond acceptors (Lipinski definition) is 9. The molecule has 0 saturated carbocycles. The SMILES string of the molecule is C=CC(=O)N1[C@H](C)CN(c2nc(=O)n3c4c(c(-c5ccc(F)c6sc(N)nc56)c(C(F)(F)F)cc24)SC[C@@H](n2ccccc2=O)C3)C[C@@H]1C. The molecule has 2 N–H and O–H groups in total. The van der Waals surface area contributed by atoms with Crippen molar-refractivity contribution in [3.8, 4) is 11.1 Å². The van der Waals surface area contributed by atoms with Crippen molar-refractivity contribution in [3.05, 3.63) is 87.5 Å². The molecule has 0 bridgehead atoms. The van der Waals surface area contributed by atoms with E-state index in [1.165, 1.54) is 27.3 Å². The maximum Gasteiger partial charge on any atom is 0.417 e. The minimum absolute atomic E-state index is 0.00508. The Morgan fingerprint density at radius 1 is 1.08 bits per heavy atom. The second-order valence-corrected chi connectivity index (χ2v) is 14.2. The van der Waals surface area contributed by atoms with Crippen molar-refractivity contribution in [1.29, 1.82) is 0 Å². The lowest BCUT2D eigenvalue weighted by molar-refractivity contribution is -0.137. The number of nitrogens with zero attached hydrogens (tertiary/aromatic N) is 6. The zero-order valence-corrected chi connectivity index (χ0v) is 27.8. The summed E-state index contributed by atoms with van der Waals surface area (Å²) in [6.45, 7) is 7.54. The quantitative estimate of drug-likeness (QED) is 0.191. The average Bonchev–Trinajstić information content (AvgIpc) is 3.33. The largest absolute Gasteiger partial charge is 0.417 e. The molecule has 3 aromatic heterocycles. The van der Waals surface area contributed by atoms with E-state index < -0.39 is 29.3 Å². The minimum Gasteiger partial charge on any atom is -0.375 e. The van der Waals surface area contributed by atoms with Gasteiger partial charge in [-0.2, -0.15) is 18.2 Å². The predicted octanol–water partition coefficient (Wildman–Crippen LogP) is 5.53. The third-order valence-electron chi connectivity index (χ3n) is 8.99. The Hall–Kier alpha value is -4.70. The van der Waals surface area contributed by atoms with Crippen LogP contribution in [-0.4, -0.2) is 60.8 Å². The van der Waals surface area contributed by atoms with Gasteiger partial charge in [0, 0.05) is 71.1 Å². The molecule has 5 heterocycles. The number of pyridine rings is 1. The summed E-state index contributed by atoms with van der Waals surface area (Å²) in [4.78, 5) is 51.7. The van der Waals surface area contributed by atoms with Gasteiger partial charge in [0.05, 0.1) is 27.3 Å². The van der Waals surface area contributed by atoms with Gasteiger partial charge in [0.1, 0.15) is 11.6 Å². The van der Waals surface area contributed by atoms with Crippen LogP contribution >= 0.6 is 23.1 Å². The van der Waals surface area contributed by atoms with Gasteiger partial charge >= 0.3 is 11.9 Å². The van der Waals surface area contributed by atoms with Gasteiger partial charge in [-0.05, 0) is 44.2 Å². The summed E-state index contributed by atoms with van der Waals surface area (Å²) < 4.78 is 63.6. The second kappa shape index (κ2) is 12.0. The number of carbonyl (C=O) groups excluding carboxylic acids is 1. The number of nitrogen functional groups attached to an aromatic ring is 1. The lowest BCUT2D eigenvalue weighted by atomic mass is 9.95. The third-order valence-corrected chi connectivity index (χ3v) is 11.1. The van der Waals surface area contributed by atoms with Crippen molar-refractivity contribution in [2.24, 2.45) is 0 Å². The van der Waals surface area contributed by atoms with E-state index in [1.54, 1.807) is 28.1 Å². The Morgan fingerprint density at radius 2 is 1.82 bits per heavy atom. The Kier molecular flexibility index (Phi) is 8.05. The number of fused-ring (bicyclic) bond motifs is 1. The van der Waals surface area contributed by atoms with Gasteiger partial charge in [0.25, 0.3) is 5.56 Å². The van der Waals surface area contributed by atoms with E-state index in [-0.39, 0.29) is 97.0 Å². The van der Waals surface area contributed by atoms with Crippen molar-refractivity contribution in [3.63, 3.8) is 0 Å². The molecule has 10 nitrogen and oxygen atoms in total. The topological polar surface area (TPSA) is 119 Å². The van der Waals surface area contributed by atoms with E-state index >= 15 is 13.2 Å². The molecule has 2 aliphatic heterocycles. The minimum atomic E-state index is -4.90. The molecule has 7 rings (SSSR count). The fourth-order valence-corrected chi connectivity index (χ4v) is 9.13. The van der Waals surface area contributed by atoms with Crippen molar-refractivity contribution in [2.45, 2.75) is 49.6 Å². The molecule has 1 saturated heterocycles. The lowest BCUT2D eigenvalue weighted by Crippen LogP contribution is -2.58. The zero-order chi connectivity index (χ0) is 34.9. The highest BCUT2D eigenvalue weighted by Crippen LogP contribution is 2.50. The molecule has 16 heteroatoms. The molecule has 254 valence electrons. The number of carbonyl (C=O) groups is 1. The van der Waals surface area contributed by atoms with Crippen LogP contribution in [0.15, 0.2) is 69.7 Å². The first kappa shape index (κ1) is 32.8. The van der Waals surface area contributed by atoms with E-state index in [0.29, 0.717) is 0 Å². The van der Waals surface area contributed by atoms with Gasteiger partial charge in [-0.3, -0.25) is 14.2 Å². The number of anilines is 2. The van der Waals surface area contributed by atoms with E-state index in [4.69, 9.17) is 5.73 Å². The summed E-state index contributed by atoms with van der Waals surface area (Å²) in [5.41, 5.74) is 3.77. The average molecular weight is 712 g/mol. The molecule has 3 atom stereocenters. The summed E-state index contributed by atoms with van der Waals surface area (Å²) in [5, 5.41) is 0.0664. The number of thioether (sulfide) groups is 1. The number of hydrogen-bond donors (Lipinski definition) is 1. The van der Waals surface area contributed by atoms with Crippen LogP contribution < -0.4 is 21.9 Å². The number of rotatable bonds is 4. The maximum atomic E-state index is 15.3. The number of aromatic nitrogens is 4. The number of amides is 1. The molecule has 49 heavy (non-hydrogen) atoms. The summed E-state index contributed by atoms with van der Waals surface area (Å²) in [6, 6.07) is 6.55. The van der Waals surface area contributed by atoms with Gasteiger partial charge in [0.15, 0.2) is 5.13 Å². The third kappa shape index (κ3) is 5.46. The fraction of sp³-hybridized carbons (Fsp3) is 0.303. The van der Waals surface area contributed by atoms with Gasteiger partial charge in [0.2, 0.25) is 5.91 Å². The monoisotopic (exact) mass is 711 g/mol. The molecule has 0 aliphatic carbocycles. The predicted molar refractivity (Wildman–Crippen MR) is 183 cm³/mol. The Bertz CT molecular complexity index is 2290. The molecule has 1 fully saturated rings. The Morgan fingerprint density at radius 3 is 2.49 bits per heavy atom. The highest BCUT2D eigenvalue weighted by atomic mass is 32.2. The molecule has 0 unspecified atom stereocenters. The maximum absolute atomic E-state index is 15.3. The summed E-state index contributed by atoms with van der Waals surface area (Å²) in [6.07, 6.45) is -2.12. The van der Waals surface area contributed by atoms with Gasteiger partial charge in [-0.15, -0.1) is 11.8 Å². The zero-order valence-electron chi connectivity index (χ0n) is 26.2. The van der Waals surface area contributed by atoms with Crippen molar-refractivity contribution < 1.29 is 22.4 Å². The molecule has 2 aromatic carbocycles. The molecular weight excluding hydrogens is 683 g/mol. The molecule has 0 spiro atoms. The second-order valence-electron chi connectivity index (χ2n) is 12.1. The van der Waals surface area contributed by atoms with E-state index in [1.807, 2.05) is 13.8 Å². The van der Waals surface area contributed by atoms with E-state index in [9.17, 15) is 18.8 Å². The number of piperazine rings is 1. The van der Waals surface area contributed by atoms with Crippen molar-refractivity contribution >= 4 is 61.1 Å². The van der Waals surface area contributed by atoms with Gasteiger partial charge < -0.3 is 20.1 Å². The normalized spacial score (nSPS) is 19.8. The van der Waals surface area contributed by atoms with Crippen LogP contribution in [0.5, 0.6) is 0 Å². The van der Waals surface area contributed by atoms with Crippen LogP contribution in [0.1, 0.15) is 25.5 Å². The first-order valence-corrected chi connectivity index (χ1v) is 17.1. The highest BCUT2D eigenvalue weighted by molar-refractivity contribution is 7.99. The molecule has 0 radical (unpaired) electrons. The summed E-state index contributed by atoms with van der Waals surface area (Å²) in [7, 11) is 0. The molecular formula is C33H29F4N7O3S2. The molecule has 5 aromatic rings. The fourth-order valence-electron chi connectivity index (χ4n) is 7.02.